The van der Waals surface area contributed by atoms with Crippen LogP contribution in [0.5, 0.6) is 17.2 Å². The molecular formula is C21H21ClN2O4S. The molecule has 3 rings (SSSR count). The molecule has 6 nitrogen and oxygen atoms in total. The molecule has 1 heterocycles. The topological polar surface area (TPSA) is 69.2 Å². The number of ether oxygens (including phenoxy) is 3. The molecule has 3 aromatic rings. The van der Waals surface area contributed by atoms with E-state index in [1.165, 1.54) is 17.6 Å². The second-order valence-electron chi connectivity index (χ2n) is 5.87. The predicted octanol–water partition coefficient (Wildman–Crippen LogP) is 5.12. The molecule has 0 aliphatic carbocycles. The first-order chi connectivity index (χ1) is 14.1. The molecule has 1 N–H and O–H groups in total. The molecule has 0 bridgehead atoms. The monoisotopic (exact) mass is 432 g/mol. The van der Waals surface area contributed by atoms with Crippen molar-refractivity contribution in [2.45, 2.75) is 13.8 Å². The van der Waals surface area contributed by atoms with Gasteiger partial charge in [0.05, 0.1) is 31.6 Å². The Kier molecular flexibility index (Phi) is 6.95. The van der Waals surface area contributed by atoms with Crippen LogP contribution in [0.4, 0.5) is 0 Å². The van der Waals surface area contributed by atoms with E-state index in [-0.39, 0.29) is 5.91 Å². The zero-order valence-corrected chi connectivity index (χ0v) is 17.9. The maximum Gasteiger partial charge on any atom is 0.283 e. The van der Waals surface area contributed by atoms with E-state index in [4.69, 9.17) is 25.8 Å². The molecule has 8 heteroatoms. The van der Waals surface area contributed by atoms with Gasteiger partial charge in [0.15, 0.2) is 0 Å². The van der Waals surface area contributed by atoms with Gasteiger partial charge in [-0.2, -0.15) is 5.10 Å². The van der Waals surface area contributed by atoms with Gasteiger partial charge in [0, 0.05) is 21.7 Å². The number of hydrogen-bond acceptors (Lipinski definition) is 6. The highest BCUT2D eigenvalue weighted by atomic mass is 35.5. The number of fused-ring (bicyclic) bond motifs is 1. The van der Waals surface area contributed by atoms with Crippen molar-refractivity contribution in [3.05, 3.63) is 51.9 Å². The molecule has 2 aromatic carbocycles. The van der Waals surface area contributed by atoms with Crippen molar-refractivity contribution in [1.82, 2.24) is 5.43 Å². The van der Waals surface area contributed by atoms with Gasteiger partial charge in [0.25, 0.3) is 5.91 Å². The minimum Gasteiger partial charge on any atom is -0.497 e. The van der Waals surface area contributed by atoms with Crippen LogP contribution in [0.15, 0.2) is 41.5 Å². The Morgan fingerprint density at radius 2 is 1.90 bits per heavy atom. The number of carbonyl (C=O) groups is 1. The second-order valence-corrected chi connectivity index (χ2v) is 7.30. The van der Waals surface area contributed by atoms with Crippen LogP contribution in [0.2, 0.25) is 5.02 Å². The summed E-state index contributed by atoms with van der Waals surface area (Å²) in [6, 6.07) is 10.9. The van der Waals surface area contributed by atoms with Crippen molar-refractivity contribution in [1.29, 1.82) is 0 Å². The number of hydrazone groups is 1. The van der Waals surface area contributed by atoms with Crippen molar-refractivity contribution < 1.29 is 19.0 Å². The highest BCUT2D eigenvalue weighted by Crippen LogP contribution is 2.37. The lowest BCUT2D eigenvalue weighted by Gasteiger charge is -2.09. The predicted molar refractivity (Wildman–Crippen MR) is 117 cm³/mol. The highest BCUT2D eigenvalue weighted by Gasteiger charge is 2.17. The van der Waals surface area contributed by atoms with Crippen molar-refractivity contribution in [3.8, 4) is 17.2 Å². The Morgan fingerprint density at radius 1 is 1.14 bits per heavy atom. The number of amides is 1. The van der Waals surface area contributed by atoms with E-state index >= 15 is 0 Å². The van der Waals surface area contributed by atoms with Crippen molar-refractivity contribution in [2.75, 3.05) is 20.3 Å². The molecular weight excluding hydrogens is 412 g/mol. The molecule has 1 aromatic heterocycles. The van der Waals surface area contributed by atoms with Crippen molar-refractivity contribution in [2.24, 2.45) is 5.10 Å². The molecule has 0 aliphatic heterocycles. The standard InChI is InChI=1S/C21H21ClN2O4S/c1-4-27-15-7-6-13(17(10-15)28-5-2)12-23-24-21(25)20-19(22)16-9-8-14(26-3)11-18(16)29-20/h6-12H,4-5H2,1-3H3,(H,24,25)/b23-12+. The number of hydrogen-bond donors (Lipinski definition) is 1. The molecule has 1 amide bonds. The maximum atomic E-state index is 12.5. The van der Waals surface area contributed by atoms with Crippen molar-refractivity contribution >= 4 is 45.1 Å². The number of nitrogens with one attached hydrogen (secondary N) is 1. The summed E-state index contributed by atoms with van der Waals surface area (Å²) in [6.07, 6.45) is 1.53. The Bertz CT molecular complexity index is 1050. The number of benzene rings is 2. The quantitative estimate of drug-likeness (QED) is 0.396. The zero-order chi connectivity index (χ0) is 20.8. The first-order valence-corrected chi connectivity index (χ1v) is 10.3. The third-order valence-electron chi connectivity index (χ3n) is 4.01. The summed E-state index contributed by atoms with van der Waals surface area (Å²) in [7, 11) is 1.59. The summed E-state index contributed by atoms with van der Waals surface area (Å²) < 4.78 is 17.2. The Morgan fingerprint density at radius 3 is 2.62 bits per heavy atom. The van der Waals surface area contributed by atoms with Gasteiger partial charge in [-0.1, -0.05) is 11.6 Å². The average Bonchev–Trinajstić information content (AvgIpc) is 3.06. The van der Waals surface area contributed by atoms with E-state index in [2.05, 4.69) is 10.5 Å². The van der Waals surface area contributed by atoms with Gasteiger partial charge in [0.2, 0.25) is 0 Å². The van der Waals surface area contributed by atoms with E-state index in [1.54, 1.807) is 13.2 Å². The SMILES string of the molecule is CCOc1ccc(/C=N/NC(=O)c2sc3cc(OC)ccc3c2Cl)c(OCC)c1. The number of halogens is 1. The molecule has 0 fully saturated rings. The molecule has 0 radical (unpaired) electrons. The fourth-order valence-corrected chi connectivity index (χ4v) is 4.12. The molecule has 0 aliphatic rings. The minimum atomic E-state index is -0.379. The summed E-state index contributed by atoms with van der Waals surface area (Å²) in [5.41, 5.74) is 3.25. The fraction of sp³-hybridized carbons (Fsp3) is 0.238. The normalized spacial score (nSPS) is 11.0. The van der Waals surface area contributed by atoms with Crippen LogP contribution < -0.4 is 19.6 Å². The van der Waals surface area contributed by atoms with Gasteiger partial charge < -0.3 is 14.2 Å². The van der Waals surface area contributed by atoms with Crippen LogP contribution in [0.25, 0.3) is 10.1 Å². The summed E-state index contributed by atoms with van der Waals surface area (Å²) in [5.74, 6) is 1.67. The lowest BCUT2D eigenvalue weighted by molar-refractivity contribution is 0.0959. The summed E-state index contributed by atoms with van der Waals surface area (Å²) in [4.78, 5) is 12.9. The number of rotatable bonds is 8. The van der Waals surface area contributed by atoms with Gasteiger partial charge in [-0.15, -0.1) is 11.3 Å². The first kappa shape index (κ1) is 21.0. The largest absolute Gasteiger partial charge is 0.497 e. The number of nitrogens with zero attached hydrogens (tertiary/aromatic N) is 1. The molecule has 152 valence electrons. The number of carbonyl (C=O) groups excluding carboxylic acids is 1. The van der Waals surface area contributed by atoms with E-state index < -0.39 is 0 Å². The Hall–Kier alpha value is -2.77. The first-order valence-electron chi connectivity index (χ1n) is 9.06. The molecule has 29 heavy (non-hydrogen) atoms. The third kappa shape index (κ3) is 4.81. The molecule has 0 saturated heterocycles. The number of thiophene rings is 1. The molecule has 0 saturated carbocycles. The van der Waals surface area contributed by atoms with E-state index in [1.807, 2.05) is 44.2 Å². The smallest absolute Gasteiger partial charge is 0.283 e. The lowest BCUT2D eigenvalue weighted by Crippen LogP contribution is -2.16. The maximum absolute atomic E-state index is 12.5. The van der Waals surface area contributed by atoms with Gasteiger partial charge in [-0.25, -0.2) is 5.43 Å². The summed E-state index contributed by atoms with van der Waals surface area (Å²) in [6.45, 7) is 4.88. The summed E-state index contributed by atoms with van der Waals surface area (Å²) >= 11 is 7.67. The Labute approximate surface area is 178 Å². The van der Waals surface area contributed by atoms with Crippen LogP contribution in [0.1, 0.15) is 29.1 Å². The van der Waals surface area contributed by atoms with Gasteiger partial charge in [-0.05, 0) is 44.2 Å². The van der Waals surface area contributed by atoms with Gasteiger partial charge in [0.1, 0.15) is 22.1 Å². The average molecular weight is 433 g/mol. The number of methoxy groups -OCH3 is 1. The van der Waals surface area contributed by atoms with Crippen LogP contribution in [-0.2, 0) is 0 Å². The van der Waals surface area contributed by atoms with Gasteiger partial charge >= 0.3 is 0 Å². The van der Waals surface area contributed by atoms with Crippen LogP contribution in [0, 0.1) is 0 Å². The van der Waals surface area contributed by atoms with Crippen LogP contribution in [0.3, 0.4) is 0 Å². The zero-order valence-electron chi connectivity index (χ0n) is 16.3. The second kappa shape index (κ2) is 9.62. The van der Waals surface area contributed by atoms with E-state index in [0.717, 1.165) is 15.6 Å². The Balaban J connectivity index is 1.77. The van der Waals surface area contributed by atoms with Crippen LogP contribution in [-0.4, -0.2) is 32.4 Å². The van der Waals surface area contributed by atoms with Crippen molar-refractivity contribution in [3.63, 3.8) is 0 Å². The fourth-order valence-electron chi connectivity index (χ4n) is 2.69. The third-order valence-corrected chi connectivity index (χ3v) is 5.66. The van der Waals surface area contributed by atoms with Crippen LogP contribution >= 0.6 is 22.9 Å². The van der Waals surface area contributed by atoms with Gasteiger partial charge in [-0.3, -0.25) is 4.79 Å². The highest BCUT2D eigenvalue weighted by molar-refractivity contribution is 7.21. The molecule has 0 unspecified atom stereocenters. The molecule has 0 atom stereocenters. The minimum absolute atomic E-state index is 0.379. The lowest BCUT2D eigenvalue weighted by atomic mass is 10.2. The van der Waals surface area contributed by atoms with E-state index in [9.17, 15) is 4.79 Å². The van der Waals surface area contributed by atoms with E-state index in [0.29, 0.717) is 40.4 Å². The molecule has 0 spiro atoms. The summed E-state index contributed by atoms with van der Waals surface area (Å²) in [5, 5.41) is 5.26.